The Labute approximate surface area is 247 Å². The first kappa shape index (κ1) is 29.9. The number of ether oxygens (including phenoxy) is 6. The minimum absolute atomic E-state index is 0.208. The molecule has 0 aliphatic carbocycles. The van der Waals surface area contributed by atoms with Gasteiger partial charge in [0.15, 0.2) is 6.29 Å². The molecule has 0 amide bonds. The predicted molar refractivity (Wildman–Crippen MR) is 159 cm³/mol. The summed E-state index contributed by atoms with van der Waals surface area (Å²) in [6, 6.07) is 37.4. The van der Waals surface area contributed by atoms with E-state index in [0.29, 0.717) is 13.2 Å². The van der Waals surface area contributed by atoms with Crippen LogP contribution in [-0.2, 0) is 50.1 Å². The van der Waals surface area contributed by atoms with Crippen molar-refractivity contribution in [1.29, 1.82) is 0 Å². The van der Waals surface area contributed by atoms with Gasteiger partial charge in [-0.3, -0.25) is 0 Å². The molecule has 1 aliphatic heterocycles. The third-order valence-corrected chi connectivity index (χ3v) is 7.18. The Balaban J connectivity index is 1.36. The van der Waals surface area contributed by atoms with E-state index in [2.05, 4.69) is 0 Å². The molecule has 0 aromatic heterocycles. The second-order valence-electron chi connectivity index (χ2n) is 10.2. The van der Waals surface area contributed by atoms with Gasteiger partial charge in [-0.25, -0.2) is 0 Å². The largest absolute Gasteiger partial charge is 0.497 e. The Hall–Kier alpha value is -3.56. The van der Waals surface area contributed by atoms with E-state index in [1.807, 2.05) is 115 Å². The van der Waals surface area contributed by atoms with Crippen LogP contribution >= 0.6 is 0 Å². The van der Waals surface area contributed by atoms with Gasteiger partial charge in [0.2, 0.25) is 0 Å². The Morgan fingerprint density at radius 3 is 1.52 bits per heavy atom. The summed E-state index contributed by atoms with van der Waals surface area (Å²) in [5.41, 5.74) is 4.00. The van der Waals surface area contributed by atoms with Crippen molar-refractivity contribution in [2.75, 3.05) is 13.7 Å². The molecule has 42 heavy (non-hydrogen) atoms. The van der Waals surface area contributed by atoms with Crippen LogP contribution in [0.4, 0.5) is 0 Å². The van der Waals surface area contributed by atoms with Crippen LogP contribution in [0.25, 0.3) is 0 Å². The molecule has 0 radical (unpaired) electrons. The van der Waals surface area contributed by atoms with Crippen LogP contribution in [0.5, 0.6) is 5.75 Å². The molecule has 5 rings (SSSR count). The average Bonchev–Trinajstić information content (AvgIpc) is 3.04. The van der Waals surface area contributed by atoms with Gasteiger partial charge in [0.1, 0.15) is 30.2 Å². The molecule has 0 spiro atoms. The van der Waals surface area contributed by atoms with E-state index >= 15 is 0 Å². The van der Waals surface area contributed by atoms with Crippen LogP contribution in [0.1, 0.15) is 22.3 Å². The standard InChI is InChI=1S/C35H38O7/c1-37-30-19-17-29(18-20-30)24-40-33-32(39-22-27-13-7-3-8-14-27)31(25-38-21-26-11-5-2-6-12-26)42-35(36)34(33)41-23-28-15-9-4-10-16-28/h2-20,31-36H,21-25H2,1H3/t31-,32-,33+,34+,35+/m1/s1. The molecule has 7 nitrogen and oxygen atoms in total. The lowest BCUT2D eigenvalue weighted by Gasteiger charge is -2.44. The highest BCUT2D eigenvalue weighted by Gasteiger charge is 2.48. The molecule has 0 saturated carbocycles. The zero-order valence-electron chi connectivity index (χ0n) is 23.8. The summed E-state index contributed by atoms with van der Waals surface area (Å²) in [5, 5.41) is 11.2. The van der Waals surface area contributed by atoms with E-state index in [4.69, 9.17) is 28.4 Å². The van der Waals surface area contributed by atoms with Crippen LogP contribution < -0.4 is 4.74 Å². The first-order valence-electron chi connectivity index (χ1n) is 14.2. The van der Waals surface area contributed by atoms with Crippen molar-refractivity contribution >= 4 is 0 Å². The molecule has 1 heterocycles. The minimum Gasteiger partial charge on any atom is -0.497 e. The van der Waals surface area contributed by atoms with Gasteiger partial charge in [0.05, 0.1) is 40.1 Å². The molecule has 0 bridgehead atoms. The van der Waals surface area contributed by atoms with Crippen molar-refractivity contribution in [2.24, 2.45) is 0 Å². The lowest BCUT2D eigenvalue weighted by Crippen LogP contribution is -2.61. The van der Waals surface area contributed by atoms with Crippen molar-refractivity contribution < 1.29 is 33.5 Å². The van der Waals surface area contributed by atoms with Crippen molar-refractivity contribution in [1.82, 2.24) is 0 Å². The van der Waals surface area contributed by atoms with Crippen LogP contribution in [-0.4, -0.2) is 49.5 Å². The van der Waals surface area contributed by atoms with Gasteiger partial charge in [0.25, 0.3) is 0 Å². The van der Waals surface area contributed by atoms with Crippen LogP contribution in [0.3, 0.4) is 0 Å². The van der Waals surface area contributed by atoms with Crippen molar-refractivity contribution in [3.8, 4) is 5.75 Å². The number of rotatable bonds is 14. The van der Waals surface area contributed by atoms with Gasteiger partial charge in [-0.15, -0.1) is 0 Å². The third kappa shape index (κ3) is 8.49. The molecular weight excluding hydrogens is 532 g/mol. The highest BCUT2D eigenvalue weighted by Crippen LogP contribution is 2.30. The quantitative estimate of drug-likeness (QED) is 0.209. The molecule has 1 N–H and O–H groups in total. The Morgan fingerprint density at radius 2 is 1.00 bits per heavy atom. The number of aliphatic hydroxyl groups is 1. The van der Waals surface area contributed by atoms with E-state index in [9.17, 15) is 5.11 Å². The second kappa shape index (κ2) is 15.6. The Kier molecular flexibility index (Phi) is 11.1. The molecule has 4 aromatic carbocycles. The summed E-state index contributed by atoms with van der Waals surface area (Å²) in [6.45, 7) is 1.53. The molecular formula is C35H38O7. The first-order valence-corrected chi connectivity index (χ1v) is 14.2. The van der Waals surface area contributed by atoms with Gasteiger partial charge < -0.3 is 33.5 Å². The molecule has 0 unspecified atom stereocenters. The number of methoxy groups -OCH3 is 1. The smallest absolute Gasteiger partial charge is 0.184 e. The number of hydrogen-bond donors (Lipinski definition) is 1. The van der Waals surface area contributed by atoms with E-state index in [1.54, 1.807) is 7.11 Å². The fourth-order valence-corrected chi connectivity index (χ4v) is 4.91. The van der Waals surface area contributed by atoms with Gasteiger partial charge in [0, 0.05) is 0 Å². The summed E-state index contributed by atoms with van der Waals surface area (Å²) in [6.07, 6.45) is -3.85. The molecule has 4 aromatic rings. The van der Waals surface area contributed by atoms with Crippen LogP contribution in [0, 0.1) is 0 Å². The summed E-state index contributed by atoms with van der Waals surface area (Å²) in [7, 11) is 1.64. The van der Waals surface area contributed by atoms with E-state index in [-0.39, 0.29) is 19.8 Å². The Morgan fingerprint density at radius 1 is 0.548 bits per heavy atom. The maximum atomic E-state index is 11.2. The fraction of sp³-hybridized carbons (Fsp3) is 0.314. The zero-order chi connectivity index (χ0) is 29.0. The molecule has 220 valence electrons. The van der Waals surface area contributed by atoms with Gasteiger partial charge in [-0.05, 0) is 34.4 Å². The zero-order valence-corrected chi connectivity index (χ0v) is 23.8. The van der Waals surface area contributed by atoms with E-state index < -0.39 is 30.7 Å². The highest BCUT2D eigenvalue weighted by atomic mass is 16.7. The van der Waals surface area contributed by atoms with E-state index in [0.717, 1.165) is 28.0 Å². The molecule has 7 heteroatoms. The molecule has 5 atom stereocenters. The lowest BCUT2D eigenvalue weighted by atomic mass is 9.98. The van der Waals surface area contributed by atoms with Gasteiger partial charge in [-0.1, -0.05) is 103 Å². The van der Waals surface area contributed by atoms with Crippen LogP contribution in [0.2, 0.25) is 0 Å². The van der Waals surface area contributed by atoms with Gasteiger partial charge in [-0.2, -0.15) is 0 Å². The molecule has 1 aliphatic rings. The highest BCUT2D eigenvalue weighted by molar-refractivity contribution is 5.26. The van der Waals surface area contributed by atoms with Crippen molar-refractivity contribution in [3.05, 3.63) is 138 Å². The number of benzene rings is 4. The van der Waals surface area contributed by atoms with Crippen LogP contribution in [0.15, 0.2) is 115 Å². The predicted octanol–water partition coefficient (Wildman–Crippen LogP) is 5.69. The van der Waals surface area contributed by atoms with Crippen molar-refractivity contribution in [2.45, 2.75) is 57.1 Å². The SMILES string of the molecule is COc1ccc(CO[C@@H]2[C@H](OCc3ccccc3)[C@@H](O)O[C@H](COCc3ccccc3)[C@H]2OCc2ccccc2)cc1. The summed E-state index contributed by atoms with van der Waals surface area (Å²) in [4.78, 5) is 0. The first-order chi connectivity index (χ1) is 20.7. The molecule has 1 saturated heterocycles. The maximum absolute atomic E-state index is 11.2. The van der Waals surface area contributed by atoms with Gasteiger partial charge >= 0.3 is 0 Å². The monoisotopic (exact) mass is 570 g/mol. The topological polar surface area (TPSA) is 75.6 Å². The minimum atomic E-state index is -1.24. The molecule has 1 fully saturated rings. The second-order valence-corrected chi connectivity index (χ2v) is 10.2. The summed E-state index contributed by atoms with van der Waals surface area (Å²) >= 11 is 0. The van der Waals surface area contributed by atoms with E-state index in [1.165, 1.54) is 0 Å². The number of aliphatic hydroxyl groups excluding tert-OH is 1. The maximum Gasteiger partial charge on any atom is 0.184 e. The summed E-state index contributed by atoms with van der Waals surface area (Å²) in [5.74, 6) is 0.768. The number of hydrogen-bond acceptors (Lipinski definition) is 7. The average molecular weight is 571 g/mol. The summed E-state index contributed by atoms with van der Waals surface area (Å²) < 4.78 is 36.8. The normalized spacial score (nSPS) is 22.1. The fourth-order valence-electron chi connectivity index (χ4n) is 4.91. The lowest BCUT2D eigenvalue weighted by molar-refractivity contribution is -0.317. The third-order valence-electron chi connectivity index (χ3n) is 7.18. The Bertz CT molecular complexity index is 1300. The van der Waals surface area contributed by atoms with Crippen molar-refractivity contribution in [3.63, 3.8) is 0 Å².